The molecule has 4 N–H and O–H groups in total. The van der Waals surface area contributed by atoms with Crippen molar-refractivity contribution in [3.63, 3.8) is 0 Å². The average Bonchev–Trinajstić information content (AvgIpc) is 2.65. The van der Waals surface area contributed by atoms with E-state index in [1.807, 2.05) is 6.07 Å². The molecular formula is C10H12N4O2. The molecule has 0 saturated carbocycles. The van der Waals surface area contributed by atoms with Crippen molar-refractivity contribution in [3.8, 4) is 11.3 Å². The van der Waals surface area contributed by atoms with Gasteiger partial charge in [-0.3, -0.25) is 4.68 Å². The molecule has 1 unspecified atom stereocenters. The molecule has 0 aliphatic heterocycles. The maximum Gasteiger partial charge on any atom is 0.187 e. The average molecular weight is 220 g/mol. The van der Waals surface area contributed by atoms with Crippen LogP contribution in [-0.4, -0.2) is 15.0 Å². The van der Waals surface area contributed by atoms with Gasteiger partial charge < -0.3 is 10.9 Å². The van der Waals surface area contributed by atoms with Crippen LogP contribution in [0.2, 0.25) is 0 Å². The lowest BCUT2D eigenvalue weighted by Crippen LogP contribution is -2.99. The Morgan fingerprint density at radius 1 is 1.44 bits per heavy atom. The van der Waals surface area contributed by atoms with Crippen LogP contribution in [0.3, 0.4) is 0 Å². The fourth-order valence-corrected chi connectivity index (χ4v) is 1.47. The van der Waals surface area contributed by atoms with Gasteiger partial charge in [0.1, 0.15) is 0 Å². The molecule has 1 atom stereocenters. The highest BCUT2D eigenvalue weighted by atomic mass is 16.8. The Hall–Kier alpha value is -1.89. The highest BCUT2D eigenvalue weighted by Crippen LogP contribution is 2.23. The van der Waals surface area contributed by atoms with Crippen LogP contribution in [0.15, 0.2) is 30.5 Å². The molecule has 84 valence electrons. The first-order valence-corrected chi connectivity index (χ1v) is 4.71. The molecule has 0 saturated heterocycles. The van der Waals surface area contributed by atoms with Gasteiger partial charge in [-0.2, -0.15) is 10.3 Å². The molecule has 0 amide bonds. The fourth-order valence-electron chi connectivity index (χ4n) is 1.47. The van der Waals surface area contributed by atoms with Gasteiger partial charge in [0.2, 0.25) is 0 Å². The minimum absolute atomic E-state index is 0.100. The van der Waals surface area contributed by atoms with Crippen molar-refractivity contribution in [3.05, 3.63) is 35.7 Å². The molecule has 0 spiro atoms. The normalized spacial score (nSPS) is 12.7. The van der Waals surface area contributed by atoms with Gasteiger partial charge in [-0.1, -0.05) is 6.07 Å². The largest absolute Gasteiger partial charge is 0.595 e. The van der Waals surface area contributed by atoms with Crippen LogP contribution >= 0.6 is 0 Å². The summed E-state index contributed by atoms with van der Waals surface area (Å²) in [6.45, 7) is 0. The second kappa shape index (κ2) is 3.93. The highest BCUT2D eigenvalue weighted by molar-refractivity contribution is 5.69. The first-order valence-electron chi connectivity index (χ1n) is 4.71. The Labute approximate surface area is 92.1 Å². The maximum atomic E-state index is 10.9. The van der Waals surface area contributed by atoms with Crippen molar-refractivity contribution < 1.29 is 10.4 Å². The van der Waals surface area contributed by atoms with Gasteiger partial charge in [-0.25, -0.2) is 5.21 Å². The van der Waals surface area contributed by atoms with E-state index in [0.29, 0.717) is 0 Å². The molecule has 6 nitrogen and oxygen atoms in total. The molecule has 2 rings (SSSR count). The summed E-state index contributed by atoms with van der Waals surface area (Å²) in [5, 5.41) is 23.0. The molecule has 2 aromatic rings. The van der Waals surface area contributed by atoms with Crippen LogP contribution in [0.25, 0.3) is 11.3 Å². The number of aryl methyl sites for hydroxylation is 1. The Kier molecular flexibility index (Phi) is 2.61. The van der Waals surface area contributed by atoms with Gasteiger partial charge in [-0.15, -0.1) is 0 Å². The van der Waals surface area contributed by atoms with Crippen molar-refractivity contribution in [2.45, 2.75) is 0 Å². The number of hydrogen-bond acceptors (Lipinski definition) is 4. The van der Waals surface area contributed by atoms with E-state index in [0.717, 1.165) is 11.3 Å². The van der Waals surface area contributed by atoms with Gasteiger partial charge in [0, 0.05) is 24.9 Å². The summed E-state index contributed by atoms with van der Waals surface area (Å²) in [5.74, 6) is 0. The number of nitrogens with zero attached hydrogens (tertiary/aromatic N) is 2. The van der Waals surface area contributed by atoms with E-state index in [4.69, 9.17) is 10.9 Å². The minimum Gasteiger partial charge on any atom is -0.595 e. The van der Waals surface area contributed by atoms with Crippen molar-refractivity contribution in [2.75, 3.05) is 5.73 Å². The lowest BCUT2D eigenvalue weighted by Gasteiger charge is -2.14. The van der Waals surface area contributed by atoms with E-state index in [2.05, 4.69) is 5.10 Å². The second-order valence-corrected chi connectivity index (χ2v) is 3.48. The zero-order chi connectivity index (χ0) is 11.7. The van der Waals surface area contributed by atoms with Gasteiger partial charge in [-0.05, 0) is 12.1 Å². The number of quaternary nitrogens is 1. The van der Waals surface area contributed by atoms with Gasteiger partial charge >= 0.3 is 0 Å². The molecule has 0 radical (unpaired) electrons. The molecule has 0 aliphatic carbocycles. The number of rotatable bonds is 2. The van der Waals surface area contributed by atoms with E-state index >= 15 is 0 Å². The first kappa shape index (κ1) is 10.6. The summed E-state index contributed by atoms with van der Waals surface area (Å²) in [6, 6.07) is 6.68. The monoisotopic (exact) mass is 220 g/mol. The zero-order valence-electron chi connectivity index (χ0n) is 8.71. The molecular weight excluding hydrogens is 208 g/mol. The predicted octanol–water partition coefficient (Wildman–Crippen LogP) is 0.0727. The molecule has 0 fully saturated rings. The van der Waals surface area contributed by atoms with Gasteiger partial charge in [0.25, 0.3) is 0 Å². The Morgan fingerprint density at radius 3 is 2.75 bits per heavy atom. The number of anilines is 1. The smallest absolute Gasteiger partial charge is 0.187 e. The third kappa shape index (κ3) is 1.89. The minimum atomic E-state index is -1.03. The summed E-state index contributed by atoms with van der Waals surface area (Å²) in [5.41, 5.74) is 7.39. The van der Waals surface area contributed by atoms with Crippen LogP contribution in [0.4, 0.5) is 11.4 Å². The fraction of sp³-hybridized carbons (Fsp3) is 0.100. The third-order valence-corrected chi connectivity index (χ3v) is 2.29. The Bertz CT molecular complexity index is 507. The van der Waals surface area contributed by atoms with Crippen LogP contribution in [0, 0.1) is 5.21 Å². The highest BCUT2D eigenvalue weighted by Gasteiger charge is 2.09. The molecule has 1 aromatic heterocycles. The molecule has 0 bridgehead atoms. The summed E-state index contributed by atoms with van der Waals surface area (Å²) in [7, 11) is 1.80. The van der Waals surface area contributed by atoms with Crippen molar-refractivity contribution >= 4 is 11.4 Å². The van der Waals surface area contributed by atoms with Gasteiger partial charge in [0.15, 0.2) is 5.69 Å². The molecule has 0 aliphatic rings. The maximum absolute atomic E-state index is 10.9. The van der Waals surface area contributed by atoms with Crippen LogP contribution in [0.5, 0.6) is 0 Å². The summed E-state index contributed by atoms with van der Waals surface area (Å²) >= 11 is 0. The van der Waals surface area contributed by atoms with Crippen molar-refractivity contribution in [1.29, 1.82) is 0 Å². The lowest BCUT2D eigenvalue weighted by atomic mass is 10.1. The lowest BCUT2D eigenvalue weighted by molar-refractivity contribution is -0.990. The SMILES string of the molecule is Cn1ccc(-c2ccc(N)c([NH+]([O-])O)c2)n1. The quantitative estimate of drug-likeness (QED) is 0.493. The standard InChI is InChI=1S/C10H12N4O2/c1-13-5-4-9(12-13)7-2-3-8(11)10(6-7)14(15)16/h2-6,14-15H,11H2,1H3. The number of hydrogen-bond donors (Lipinski definition) is 3. The zero-order valence-corrected chi connectivity index (χ0v) is 8.71. The number of aromatic nitrogens is 2. The summed E-state index contributed by atoms with van der Waals surface area (Å²) in [6.07, 6.45) is 1.80. The predicted molar refractivity (Wildman–Crippen MR) is 58.8 cm³/mol. The number of benzene rings is 1. The van der Waals surface area contributed by atoms with Crippen LogP contribution in [-0.2, 0) is 7.05 Å². The van der Waals surface area contributed by atoms with E-state index in [9.17, 15) is 5.21 Å². The summed E-state index contributed by atoms with van der Waals surface area (Å²) in [4.78, 5) is 0. The van der Waals surface area contributed by atoms with E-state index < -0.39 is 5.23 Å². The molecule has 1 heterocycles. The van der Waals surface area contributed by atoms with Crippen LogP contribution < -0.4 is 11.0 Å². The Morgan fingerprint density at radius 2 is 2.19 bits per heavy atom. The Balaban J connectivity index is 2.47. The number of nitrogens with one attached hydrogen (secondary N) is 1. The van der Waals surface area contributed by atoms with E-state index in [1.165, 1.54) is 6.07 Å². The molecule has 6 heteroatoms. The van der Waals surface area contributed by atoms with E-state index in [1.54, 1.807) is 30.1 Å². The van der Waals surface area contributed by atoms with Crippen molar-refractivity contribution in [2.24, 2.45) is 7.05 Å². The van der Waals surface area contributed by atoms with Gasteiger partial charge in [0.05, 0.1) is 11.4 Å². The molecule has 1 aromatic carbocycles. The van der Waals surface area contributed by atoms with Crippen LogP contribution in [0.1, 0.15) is 0 Å². The second-order valence-electron chi connectivity index (χ2n) is 3.48. The van der Waals surface area contributed by atoms with Crippen molar-refractivity contribution in [1.82, 2.24) is 9.78 Å². The summed E-state index contributed by atoms with van der Waals surface area (Å²) < 4.78 is 1.66. The third-order valence-electron chi connectivity index (χ3n) is 2.29. The first-order chi connectivity index (χ1) is 7.58. The van der Waals surface area contributed by atoms with E-state index in [-0.39, 0.29) is 11.4 Å². The molecule has 16 heavy (non-hydrogen) atoms. The topological polar surface area (TPSA) is 91.6 Å². The number of nitrogen functional groups attached to an aromatic ring is 1. The number of nitrogens with two attached hydrogens (primary N) is 1.